The van der Waals surface area contributed by atoms with Gasteiger partial charge < -0.3 is 4.98 Å². The molecule has 0 unspecified atom stereocenters. The number of fused-ring (bicyclic) bond motifs is 5. The molecule has 0 fully saturated rings. The van der Waals surface area contributed by atoms with Crippen LogP contribution in [0.2, 0.25) is 5.28 Å². The van der Waals surface area contributed by atoms with Gasteiger partial charge in [0.05, 0.1) is 15.7 Å². The van der Waals surface area contributed by atoms with Crippen LogP contribution in [0.25, 0.3) is 76.5 Å². The topological polar surface area (TPSA) is 67.3 Å². The van der Waals surface area contributed by atoms with Crippen molar-refractivity contribution >= 4 is 55.0 Å². The van der Waals surface area contributed by atoms with Crippen LogP contribution >= 0.6 is 22.9 Å². The minimum atomic E-state index is 0.175. The molecule has 194 valence electrons. The number of para-hydroxylation sites is 1. The fraction of sp³-hybridized carbons (Fsp3) is 0. The first-order chi connectivity index (χ1) is 20.2. The molecule has 5 nitrogen and oxygen atoms in total. The molecule has 8 rings (SSSR count). The molecule has 0 amide bonds. The molecule has 41 heavy (non-hydrogen) atoms. The Labute approximate surface area is 244 Å². The Balaban J connectivity index is 1.09. The first-order valence-electron chi connectivity index (χ1n) is 13.2. The molecule has 0 saturated carbocycles. The number of hydrogen-bond acceptors (Lipinski definition) is 5. The number of halogens is 1. The van der Waals surface area contributed by atoms with Crippen molar-refractivity contribution in [3.05, 3.63) is 121 Å². The number of H-pyrrole nitrogens is 1. The van der Waals surface area contributed by atoms with Gasteiger partial charge >= 0.3 is 0 Å². The number of thiazole rings is 1. The van der Waals surface area contributed by atoms with Crippen LogP contribution < -0.4 is 0 Å². The third-order valence-electron chi connectivity index (χ3n) is 7.28. The van der Waals surface area contributed by atoms with Crippen LogP contribution in [0, 0.1) is 0 Å². The van der Waals surface area contributed by atoms with Gasteiger partial charge in [0.2, 0.25) is 5.28 Å². The molecule has 7 heteroatoms. The van der Waals surface area contributed by atoms with Crippen molar-refractivity contribution in [2.75, 3.05) is 0 Å². The van der Waals surface area contributed by atoms with Crippen molar-refractivity contribution in [2.45, 2.75) is 0 Å². The summed E-state index contributed by atoms with van der Waals surface area (Å²) in [7, 11) is 0. The van der Waals surface area contributed by atoms with E-state index in [1.165, 1.54) is 15.5 Å². The number of aromatic nitrogens is 5. The van der Waals surface area contributed by atoms with Crippen molar-refractivity contribution < 1.29 is 0 Å². The van der Waals surface area contributed by atoms with E-state index in [1.807, 2.05) is 42.5 Å². The van der Waals surface area contributed by atoms with E-state index in [0.717, 1.165) is 49.4 Å². The second-order valence-corrected chi connectivity index (χ2v) is 11.1. The molecule has 8 aromatic rings. The number of nitrogens with one attached hydrogen (secondary N) is 1. The minimum Gasteiger partial charge on any atom is -0.353 e. The summed E-state index contributed by atoms with van der Waals surface area (Å²) in [5.74, 6) is 1.10. The number of benzene rings is 5. The van der Waals surface area contributed by atoms with Gasteiger partial charge in [-0.05, 0) is 40.9 Å². The van der Waals surface area contributed by atoms with Crippen LogP contribution in [0.3, 0.4) is 0 Å². The van der Waals surface area contributed by atoms with E-state index < -0.39 is 0 Å². The fourth-order valence-corrected chi connectivity index (χ4v) is 6.47. The van der Waals surface area contributed by atoms with Crippen LogP contribution in [0.4, 0.5) is 0 Å². The van der Waals surface area contributed by atoms with E-state index >= 15 is 0 Å². The summed E-state index contributed by atoms with van der Waals surface area (Å²) in [6.07, 6.45) is 0. The van der Waals surface area contributed by atoms with Crippen LogP contribution in [-0.2, 0) is 0 Å². The molecule has 3 aromatic heterocycles. The van der Waals surface area contributed by atoms with Gasteiger partial charge in [-0.3, -0.25) is 0 Å². The molecule has 0 aliphatic rings. The number of aromatic amines is 1. The van der Waals surface area contributed by atoms with Gasteiger partial charge in [-0.1, -0.05) is 97.1 Å². The van der Waals surface area contributed by atoms with Gasteiger partial charge in [0.25, 0.3) is 0 Å². The van der Waals surface area contributed by atoms with Gasteiger partial charge in [0.15, 0.2) is 11.6 Å². The van der Waals surface area contributed by atoms with Crippen LogP contribution in [0.5, 0.6) is 0 Å². The van der Waals surface area contributed by atoms with Crippen molar-refractivity contribution in [1.29, 1.82) is 0 Å². The molecule has 0 radical (unpaired) electrons. The lowest BCUT2D eigenvalue weighted by Crippen LogP contribution is -1.97. The Morgan fingerprint density at radius 1 is 0.512 bits per heavy atom. The molecule has 1 N–H and O–H groups in total. The molecule has 0 bridgehead atoms. The Bertz CT molecular complexity index is 2200. The highest BCUT2D eigenvalue weighted by atomic mass is 35.5. The normalized spacial score (nSPS) is 11.5. The van der Waals surface area contributed by atoms with Gasteiger partial charge in [-0.25, -0.2) is 9.97 Å². The smallest absolute Gasteiger partial charge is 0.226 e. The largest absolute Gasteiger partial charge is 0.353 e. The Morgan fingerprint density at radius 3 is 1.85 bits per heavy atom. The maximum atomic E-state index is 6.25. The minimum absolute atomic E-state index is 0.175. The lowest BCUT2D eigenvalue weighted by Gasteiger charge is -2.07. The van der Waals surface area contributed by atoms with E-state index in [4.69, 9.17) is 16.6 Å². The van der Waals surface area contributed by atoms with E-state index in [1.54, 1.807) is 11.3 Å². The molecule has 3 heterocycles. The molecular formula is C34H20ClN5S. The monoisotopic (exact) mass is 565 g/mol. The molecule has 0 aliphatic carbocycles. The van der Waals surface area contributed by atoms with Crippen molar-refractivity contribution in [2.24, 2.45) is 0 Å². The Hall–Kier alpha value is -4.91. The first kappa shape index (κ1) is 23.9. The third-order valence-corrected chi connectivity index (χ3v) is 8.59. The molecule has 0 aliphatic heterocycles. The summed E-state index contributed by atoms with van der Waals surface area (Å²) in [5.41, 5.74) is 8.42. The maximum absolute atomic E-state index is 6.25. The highest BCUT2D eigenvalue weighted by Crippen LogP contribution is 2.38. The average molecular weight is 566 g/mol. The number of rotatable bonds is 4. The van der Waals surface area contributed by atoms with Gasteiger partial charge in [-0.15, -0.1) is 11.3 Å². The van der Waals surface area contributed by atoms with E-state index in [-0.39, 0.29) is 5.28 Å². The number of hydrogen-bond donors (Lipinski definition) is 1. The Kier molecular flexibility index (Phi) is 5.62. The summed E-state index contributed by atoms with van der Waals surface area (Å²) in [6, 6.07) is 39.2. The predicted octanol–water partition coefficient (Wildman–Crippen LogP) is 9.44. The fourth-order valence-electron chi connectivity index (χ4n) is 5.24. The van der Waals surface area contributed by atoms with Gasteiger partial charge in [0.1, 0.15) is 5.01 Å². The quantitative estimate of drug-likeness (QED) is 0.231. The van der Waals surface area contributed by atoms with Gasteiger partial charge in [0, 0.05) is 33.0 Å². The second kappa shape index (κ2) is 9.63. The summed E-state index contributed by atoms with van der Waals surface area (Å²) in [6.45, 7) is 0. The van der Waals surface area contributed by atoms with Crippen molar-refractivity contribution in [1.82, 2.24) is 24.9 Å². The van der Waals surface area contributed by atoms with Crippen LogP contribution in [0.1, 0.15) is 0 Å². The first-order valence-corrected chi connectivity index (χ1v) is 14.4. The molecular weight excluding hydrogens is 546 g/mol. The summed E-state index contributed by atoms with van der Waals surface area (Å²) >= 11 is 7.97. The summed E-state index contributed by atoms with van der Waals surface area (Å²) < 4.78 is 1.18. The van der Waals surface area contributed by atoms with Crippen LogP contribution in [-0.4, -0.2) is 24.9 Å². The average Bonchev–Trinajstić information content (AvgIpc) is 3.63. The van der Waals surface area contributed by atoms with Crippen molar-refractivity contribution in [3.63, 3.8) is 0 Å². The highest BCUT2D eigenvalue weighted by Gasteiger charge is 2.14. The van der Waals surface area contributed by atoms with E-state index in [9.17, 15) is 0 Å². The van der Waals surface area contributed by atoms with Crippen LogP contribution in [0.15, 0.2) is 115 Å². The molecule has 5 aromatic carbocycles. The molecule has 0 saturated heterocycles. The maximum Gasteiger partial charge on any atom is 0.226 e. The zero-order valence-corrected chi connectivity index (χ0v) is 23.1. The SMILES string of the molecule is Clc1nc(-c2ccccc2)nc(-c2ccc(-c3ccc(-c4nc5ccc6c7ccccc7[nH]c6c5s4)cc3)cc2)n1. The van der Waals surface area contributed by atoms with E-state index in [0.29, 0.717) is 11.6 Å². The number of nitrogens with zero attached hydrogens (tertiary/aromatic N) is 4. The molecule has 0 spiro atoms. The zero-order valence-electron chi connectivity index (χ0n) is 21.5. The highest BCUT2D eigenvalue weighted by molar-refractivity contribution is 7.22. The Morgan fingerprint density at radius 2 is 1.12 bits per heavy atom. The summed E-state index contributed by atoms with van der Waals surface area (Å²) in [5, 5.41) is 3.66. The summed E-state index contributed by atoms with van der Waals surface area (Å²) in [4.78, 5) is 21.9. The predicted molar refractivity (Wildman–Crippen MR) is 169 cm³/mol. The van der Waals surface area contributed by atoms with Gasteiger partial charge in [-0.2, -0.15) is 9.97 Å². The molecule has 0 atom stereocenters. The third kappa shape index (κ3) is 4.25. The second-order valence-electron chi connectivity index (χ2n) is 9.80. The lowest BCUT2D eigenvalue weighted by atomic mass is 10.0. The van der Waals surface area contributed by atoms with E-state index in [2.05, 4.69) is 92.7 Å². The zero-order chi connectivity index (χ0) is 27.3. The van der Waals surface area contributed by atoms with Crippen molar-refractivity contribution in [3.8, 4) is 44.5 Å². The lowest BCUT2D eigenvalue weighted by molar-refractivity contribution is 1.07. The standard InChI is InChI=1S/C34H20ClN5S/c35-34-39-31(22-6-2-1-3-7-22)38-32(40-34)23-14-10-20(11-15-23)21-12-16-24(17-13-21)33-37-28-19-18-26-25-8-4-5-9-27(25)36-29(26)30(28)41-33/h1-19,36H.